The van der Waals surface area contributed by atoms with Gasteiger partial charge >= 0.3 is 0 Å². The highest BCUT2D eigenvalue weighted by atomic mass is 16.8. The van der Waals surface area contributed by atoms with E-state index in [2.05, 4.69) is 5.32 Å². The van der Waals surface area contributed by atoms with Gasteiger partial charge in [-0.05, 0) is 0 Å². The third-order valence-corrected chi connectivity index (χ3v) is 6.74. The van der Waals surface area contributed by atoms with E-state index in [0.29, 0.717) is 0 Å². The van der Waals surface area contributed by atoms with Crippen LogP contribution >= 0.6 is 0 Å². The van der Waals surface area contributed by atoms with E-state index in [0.717, 1.165) is 6.92 Å². The number of hydrogen-bond donors (Lipinski definition) is 10. The van der Waals surface area contributed by atoms with Crippen molar-refractivity contribution in [3.8, 4) is 0 Å². The molecule has 38 heavy (non-hydrogen) atoms. The van der Waals surface area contributed by atoms with Crippen LogP contribution in [0.5, 0.6) is 0 Å². The molecule has 15 atom stereocenters. The Bertz CT molecular complexity index is 761. The Kier molecular flexibility index (Phi) is 11.1. The molecule has 0 unspecified atom stereocenters. The average Bonchev–Trinajstić information content (AvgIpc) is 2.89. The van der Waals surface area contributed by atoms with E-state index in [1.54, 1.807) is 0 Å². The maximum absolute atomic E-state index is 11.7. The highest BCUT2D eigenvalue weighted by Crippen LogP contribution is 2.33. The van der Waals surface area contributed by atoms with E-state index in [9.17, 15) is 50.8 Å². The van der Waals surface area contributed by atoms with Crippen LogP contribution in [0.1, 0.15) is 6.92 Å². The lowest BCUT2D eigenvalue weighted by Gasteiger charge is -2.49. The molecule has 10 N–H and O–H groups in total. The largest absolute Gasteiger partial charge is 0.394 e. The predicted molar refractivity (Wildman–Crippen MR) is 118 cm³/mol. The average molecular weight is 560 g/mol. The Morgan fingerprint density at radius 2 is 1.24 bits per heavy atom. The number of aliphatic hydroxyl groups excluding tert-OH is 9. The van der Waals surface area contributed by atoms with Crippen LogP contribution in [0.25, 0.3) is 0 Å². The van der Waals surface area contributed by atoms with Crippen molar-refractivity contribution in [3.63, 3.8) is 0 Å². The summed E-state index contributed by atoms with van der Waals surface area (Å²) < 4.78 is 33.0. The van der Waals surface area contributed by atoms with Crippen LogP contribution in [0.4, 0.5) is 0 Å². The fourth-order valence-corrected chi connectivity index (χ4v) is 4.72. The number of nitrogens with one attached hydrogen (secondary N) is 1. The molecule has 0 aliphatic carbocycles. The smallest absolute Gasteiger partial charge is 0.217 e. The summed E-state index contributed by atoms with van der Waals surface area (Å²) >= 11 is 0. The van der Waals surface area contributed by atoms with Gasteiger partial charge in [-0.3, -0.25) is 4.79 Å². The van der Waals surface area contributed by atoms with Crippen LogP contribution in [0.15, 0.2) is 0 Å². The second kappa shape index (κ2) is 13.5. The first kappa shape index (κ1) is 31.4. The molecule has 0 bridgehead atoms. The number of rotatable bonds is 9. The first-order chi connectivity index (χ1) is 18.0. The van der Waals surface area contributed by atoms with Crippen LogP contribution in [-0.2, 0) is 33.2 Å². The third-order valence-electron chi connectivity index (χ3n) is 6.74. The molecule has 17 heteroatoms. The molecule has 3 heterocycles. The Morgan fingerprint density at radius 1 is 0.684 bits per heavy atom. The minimum Gasteiger partial charge on any atom is -0.394 e. The van der Waals surface area contributed by atoms with Gasteiger partial charge in [-0.2, -0.15) is 0 Å². The van der Waals surface area contributed by atoms with Gasteiger partial charge in [0.05, 0.1) is 19.8 Å². The number of carbonyl (C=O) groups excluding carboxylic acids is 1. The summed E-state index contributed by atoms with van der Waals surface area (Å²) in [5.41, 5.74) is 0. The molecule has 0 saturated carbocycles. The third kappa shape index (κ3) is 6.43. The topological polar surface area (TPSA) is 267 Å². The van der Waals surface area contributed by atoms with Gasteiger partial charge in [-0.15, -0.1) is 0 Å². The summed E-state index contributed by atoms with van der Waals surface area (Å²) in [5, 5.41) is 93.2. The number of ether oxygens (including phenoxy) is 6. The van der Waals surface area contributed by atoms with Crippen molar-refractivity contribution in [2.75, 3.05) is 26.9 Å². The van der Waals surface area contributed by atoms with E-state index in [1.807, 2.05) is 0 Å². The minimum absolute atomic E-state index is 0.602. The summed E-state index contributed by atoms with van der Waals surface area (Å²) in [6.07, 6.45) is -21.5. The summed E-state index contributed by atoms with van der Waals surface area (Å²) in [5.74, 6) is -0.602. The summed E-state index contributed by atoms with van der Waals surface area (Å²) in [6.45, 7) is -1.03. The van der Waals surface area contributed by atoms with Gasteiger partial charge in [0.15, 0.2) is 18.9 Å². The van der Waals surface area contributed by atoms with Crippen molar-refractivity contribution in [3.05, 3.63) is 0 Å². The van der Waals surface area contributed by atoms with Crippen LogP contribution in [0.2, 0.25) is 0 Å². The number of aliphatic hydroxyl groups is 9. The van der Waals surface area contributed by atoms with E-state index in [1.165, 1.54) is 7.11 Å². The first-order valence-corrected chi connectivity index (χ1v) is 12.0. The standard InChI is InChI=1S/C21H37NO16/c1-6(26)22-10-12(28)11(27)7(3-23)35-20(10)38-17-9(5-25)36-21(15(31)18(17)33-2)37-16-8(4-24)34-19(32)14(30)13(16)29/h7-21,23-25,27-32H,3-5H2,1-2H3,(H,22,26)/t7-,8-,9-,10-,11+,12-,13-,14-,15-,16-,17+,18-,19+,20+,21+/m1/s1. The van der Waals surface area contributed by atoms with Crippen LogP contribution in [-0.4, -0.2) is 171 Å². The molecule has 0 radical (unpaired) electrons. The summed E-state index contributed by atoms with van der Waals surface area (Å²) in [7, 11) is 1.19. The number of amides is 1. The second-order valence-electron chi connectivity index (χ2n) is 9.28. The van der Waals surface area contributed by atoms with Crippen LogP contribution in [0, 0.1) is 0 Å². The summed E-state index contributed by atoms with van der Waals surface area (Å²) in [4.78, 5) is 11.7. The second-order valence-corrected chi connectivity index (χ2v) is 9.28. The van der Waals surface area contributed by atoms with Gasteiger partial charge in [0.25, 0.3) is 0 Å². The molecule has 17 nitrogen and oxygen atoms in total. The summed E-state index contributed by atoms with van der Waals surface area (Å²) in [6, 6.07) is -1.33. The SMILES string of the molecule is CO[C@@H]1[C@@H](O)[C@H](O[C@H]2[C@H](O)[C@@H](O)[C@@H](O)O[C@@H]2CO)O[C@H](CO)[C@@H]1O[C@@H]1O[C@H](CO)[C@H](O)[C@H](O)[C@H]1NC(C)=O. The molecule has 0 aromatic rings. The zero-order valence-corrected chi connectivity index (χ0v) is 20.7. The van der Waals surface area contributed by atoms with Crippen molar-refractivity contribution in [2.24, 2.45) is 0 Å². The molecule has 0 aromatic carbocycles. The van der Waals surface area contributed by atoms with Gasteiger partial charge in [0, 0.05) is 14.0 Å². The maximum Gasteiger partial charge on any atom is 0.217 e. The number of carbonyl (C=O) groups is 1. The lowest BCUT2D eigenvalue weighted by molar-refractivity contribution is -0.373. The molecule has 3 aliphatic heterocycles. The van der Waals surface area contributed by atoms with Crippen LogP contribution < -0.4 is 5.32 Å². The molecule has 1 amide bonds. The Labute approximate surface area is 217 Å². The van der Waals surface area contributed by atoms with Crippen molar-refractivity contribution in [2.45, 2.75) is 99.0 Å². The Balaban J connectivity index is 1.81. The minimum atomic E-state index is -1.81. The molecule has 3 saturated heterocycles. The molecule has 3 rings (SSSR count). The lowest BCUT2D eigenvalue weighted by Crippen LogP contribution is -2.68. The van der Waals surface area contributed by atoms with Crippen molar-refractivity contribution in [1.29, 1.82) is 0 Å². The fourth-order valence-electron chi connectivity index (χ4n) is 4.72. The molecule has 3 aliphatic rings. The zero-order valence-electron chi connectivity index (χ0n) is 20.7. The zero-order chi connectivity index (χ0) is 28.3. The van der Waals surface area contributed by atoms with Gasteiger partial charge < -0.3 is 79.7 Å². The Morgan fingerprint density at radius 3 is 1.79 bits per heavy atom. The molecule has 222 valence electrons. The van der Waals surface area contributed by atoms with E-state index < -0.39 is 118 Å². The molecule has 0 spiro atoms. The fraction of sp³-hybridized carbons (Fsp3) is 0.952. The first-order valence-electron chi connectivity index (χ1n) is 12.0. The maximum atomic E-state index is 11.7. The molecule has 0 aromatic heterocycles. The monoisotopic (exact) mass is 559 g/mol. The van der Waals surface area contributed by atoms with Crippen LogP contribution in [0.3, 0.4) is 0 Å². The van der Waals surface area contributed by atoms with Crippen molar-refractivity contribution in [1.82, 2.24) is 5.32 Å². The van der Waals surface area contributed by atoms with Crippen molar-refractivity contribution >= 4 is 5.91 Å². The van der Waals surface area contributed by atoms with E-state index in [-0.39, 0.29) is 0 Å². The quantitative estimate of drug-likeness (QED) is 0.126. The Hall–Kier alpha value is -1.13. The van der Waals surface area contributed by atoms with Crippen molar-refractivity contribution < 1.29 is 79.2 Å². The van der Waals surface area contributed by atoms with Gasteiger partial charge in [-0.25, -0.2) is 0 Å². The van der Waals surface area contributed by atoms with E-state index in [4.69, 9.17) is 28.4 Å². The van der Waals surface area contributed by atoms with E-state index >= 15 is 0 Å². The van der Waals surface area contributed by atoms with Gasteiger partial charge in [0.2, 0.25) is 5.91 Å². The molecule has 3 fully saturated rings. The normalized spacial score (nSPS) is 48.0. The molecular weight excluding hydrogens is 522 g/mol. The highest BCUT2D eigenvalue weighted by Gasteiger charge is 2.54. The predicted octanol–water partition coefficient (Wildman–Crippen LogP) is -6.78. The highest BCUT2D eigenvalue weighted by molar-refractivity contribution is 5.73. The number of methoxy groups -OCH3 is 1. The lowest BCUT2D eigenvalue weighted by atomic mass is 9.95. The van der Waals surface area contributed by atoms with Gasteiger partial charge in [0.1, 0.15) is 73.2 Å². The molecular formula is C21H37NO16. The van der Waals surface area contributed by atoms with Gasteiger partial charge in [-0.1, -0.05) is 0 Å². The number of hydrogen-bond acceptors (Lipinski definition) is 16.